The molecule has 3 aromatic rings. The van der Waals surface area contributed by atoms with E-state index in [2.05, 4.69) is 20.8 Å². The van der Waals surface area contributed by atoms with E-state index in [4.69, 9.17) is 4.52 Å². The summed E-state index contributed by atoms with van der Waals surface area (Å²) in [6.07, 6.45) is 0. The molecule has 7 heteroatoms. The fourth-order valence-corrected chi connectivity index (χ4v) is 2.42. The van der Waals surface area contributed by atoms with E-state index in [9.17, 15) is 9.18 Å². The zero-order valence-electron chi connectivity index (χ0n) is 14.5. The number of aromatic nitrogens is 2. The van der Waals surface area contributed by atoms with Crippen molar-refractivity contribution in [2.75, 3.05) is 0 Å². The van der Waals surface area contributed by atoms with Gasteiger partial charge in [-0.2, -0.15) is 4.98 Å². The summed E-state index contributed by atoms with van der Waals surface area (Å²) in [5, 5.41) is 9.43. The summed E-state index contributed by atoms with van der Waals surface area (Å²) in [6.45, 7) is 4.16. The van der Waals surface area contributed by atoms with Gasteiger partial charge < -0.3 is 15.2 Å². The van der Waals surface area contributed by atoms with Crippen molar-refractivity contribution in [1.82, 2.24) is 20.8 Å². The van der Waals surface area contributed by atoms with E-state index in [0.717, 1.165) is 11.1 Å². The van der Waals surface area contributed by atoms with Crippen LogP contribution in [0.25, 0.3) is 11.4 Å². The predicted octanol–water partition coefficient (Wildman–Crippen LogP) is 3.74. The Hall–Kier alpha value is -3.22. The van der Waals surface area contributed by atoms with Gasteiger partial charge in [0.25, 0.3) is 0 Å². The number of nitrogens with one attached hydrogen (secondary N) is 2. The number of halogens is 1. The lowest BCUT2D eigenvalue weighted by atomic mass is 10.1. The fourth-order valence-electron chi connectivity index (χ4n) is 2.42. The zero-order valence-corrected chi connectivity index (χ0v) is 14.5. The van der Waals surface area contributed by atoms with Gasteiger partial charge in [0.2, 0.25) is 11.7 Å². The van der Waals surface area contributed by atoms with Crippen LogP contribution in [0.5, 0.6) is 0 Å². The highest BCUT2D eigenvalue weighted by atomic mass is 19.1. The molecule has 1 aromatic heterocycles. The first-order valence-electron chi connectivity index (χ1n) is 8.21. The first kappa shape index (κ1) is 17.6. The fraction of sp³-hybridized carbons (Fsp3) is 0.211. The van der Waals surface area contributed by atoms with Gasteiger partial charge >= 0.3 is 6.03 Å². The van der Waals surface area contributed by atoms with Gasteiger partial charge in [-0.25, -0.2) is 9.18 Å². The van der Waals surface area contributed by atoms with Gasteiger partial charge in [-0.05, 0) is 49.2 Å². The van der Waals surface area contributed by atoms with Crippen LogP contribution in [0.3, 0.4) is 0 Å². The van der Waals surface area contributed by atoms with Crippen LogP contribution in [0.4, 0.5) is 9.18 Å². The molecule has 0 bridgehead atoms. The number of rotatable bonds is 5. The molecule has 0 fully saturated rings. The average molecular weight is 354 g/mol. The SMILES string of the molecule is Cc1ccccc1CNC(=O)NC(C)c1nc(-c2ccc(F)cc2)no1. The molecule has 0 saturated carbocycles. The minimum Gasteiger partial charge on any atom is -0.337 e. The lowest BCUT2D eigenvalue weighted by Gasteiger charge is -2.12. The Balaban J connectivity index is 1.58. The highest BCUT2D eigenvalue weighted by Gasteiger charge is 2.17. The van der Waals surface area contributed by atoms with Crippen molar-refractivity contribution in [2.45, 2.75) is 26.4 Å². The van der Waals surface area contributed by atoms with Crippen molar-refractivity contribution in [3.05, 3.63) is 71.4 Å². The van der Waals surface area contributed by atoms with Gasteiger partial charge in [0.15, 0.2) is 0 Å². The van der Waals surface area contributed by atoms with E-state index in [0.29, 0.717) is 17.9 Å². The van der Waals surface area contributed by atoms with E-state index < -0.39 is 6.04 Å². The highest BCUT2D eigenvalue weighted by molar-refractivity contribution is 5.74. The maximum absolute atomic E-state index is 13.0. The Bertz CT molecular complexity index is 893. The molecule has 2 N–H and O–H groups in total. The molecule has 0 saturated heterocycles. The van der Waals surface area contributed by atoms with Crippen LogP contribution in [0.15, 0.2) is 53.1 Å². The third-order valence-electron chi connectivity index (χ3n) is 3.96. The summed E-state index contributed by atoms with van der Waals surface area (Å²) in [7, 11) is 0. The van der Waals surface area contributed by atoms with Crippen LogP contribution in [0.1, 0.15) is 30.0 Å². The molecule has 6 nitrogen and oxygen atoms in total. The second-order valence-electron chi connectivity index (χ2n) is 5.94. The Labute approximate surface area is 150 Å². The Morgan fingerprint density at radius 3 is 2.65 bits per heavy atom. The van der Waals surface area contributed by atoms with Crippen molar-refractivity contribution >= 4 is 6.03 Å². The first-order chi connectivity index (χ1) is 12.5. The smallest absolute Gasteiger partial charge is 0.315 e. The Morgan fingerprint density at radius 2 is 1.92 bits per heavy atom. The summed E-state index contributed by atoms with van der Waals surface area (Å²) in [5.41, 5.74) is 2.80. The summed E-state index contributed by atoms with van der Waals surface area (Å²) < 4.78 is 18.2. The standard InChI is InChI=1S/C19H19FN4O2/c1-12-5-3-4-6-15(12)11-21-19(25)22-13(2)18-23-17(24-26-18)14-7-9-16(20)10-8-14/h3-10,13H,11H2,1-2H3,(H2,21,22,25). The van der Waals surface area contributed by atoms with Gasteiger partial charge in [0.05, 0.1) is 0 Å². The largest absolute Gasteiger partial charge is 0.337 e. The molecule has 0 radical (unpaired) electrons. The average Bonchev–Trinajstić information content (AvgIpc) is 3.12. The van der Waals surface area contributed by atoms with Crippen LogP contribution in [-0.2, 0) is 6.54 Å². The number of amides is 2. The molecule has 0 aliphatic heterocycles. The van der Waals surface area contributed by atoms with Gasteiger partial charge in [-0.3, -0.25) is 0 Å². The van der Waals surface area contributed by atoms with E-state index in [-0.39, 0.29) is 17.7 Å². The molecule has 134 valence electrons. The quantitative estimate of drug-likeness (QED) is 0.731. The number of carbonyl (C=O) groups excluding carboxylic acids is 1. The van der Waals surface area contributed by atoms with Gasteiger partial charge in [-0.15, -0.1) is 0 Å². The minimum atomic E-state index is -0.464. The molecule has 0 spiro atoms. The topological polar surface area (TPSA) is 80.0 Å². The highest BCUT2D eigenvalue weighted by Crippen LogP contribution is 2.19. The molecule has 0 aliphatic rings. The molecule has 26 heavy (non-hydrogen) atoms. The number of aryl methyl sites for hydroxylation is 1. The lowest BCUT2D eigenvalue weighted by molar-refractivity contribution is 0.233. The van der Waals surface area contributed by atoms with E-state index in [1.807, 2.05) is 31.2 Å². The number of carbonyl (C=O) groups is 1. The van der Waals surface area contributed by atoms with Crippen molar-refractivity contribution < 1.29 is 13.7 Å². The van der Waals surface area contributed by atoms with Crippen LogP contribution >= 0.6 is 0 Å². The summed E-state index contributed by atoms with van der Waals surface area (Å²) in [4.78, 5) is 16.3. The lowest BCUT2D eigenvalue weighted by Crippen LogP contribution is -2.36. The number of urea groups is 1. The maximum atomic E-state index is 13.0. The molecule has 1 atom stereocenters. The number of hydrogen-bond donors (Lipinski definition) is 2. The number of nitrogens with zero attached hydrogens (tertiary/aromatic N) is 2. The number of hydrogen-bond acceptors (Lipinski definition) is 4. The third kappa shape index (κ3) is 4.24. The zero-order chi connectivity index (χ0) is 18.5. The molecule has 2 amide bonds. The molecule has 3 rings (SSSR count). The second-order valence-corrected chi connectivity index (χ2v) is 5.94. The van der Waals surface area contributed by atoms with Gasteiger partial charge in [0.1, 0.15) is 11.9 Å². The van der Waals surface area contributed by atoms with E-state index in [1.54, 1.807) is 19.1 Å². The first-order valence-corrected chi connectivity index (χ1v) is 8.21. The molecule has 2 aromatic carbocycles. The Kier molecular flexibility index (Phi) is 5.26. The van der Waals surface area contributed by atoms with Crippen molar-refractivity contribution in [2.24, 2.45) is 0 Å². The Morgan fingerprint density at radius 1 is 1.19 bits per heavy atom. The van der Waals surface area contributed by atoms with E-state index >= 15 is 0 Å². The van der Waals surface area contributed by atoms with Crippen LogP contribution in [0, 0.1) is 12.7 Å². The van der Waals surface area contributed by atoms with Crippen LogP contribution in [-0.4, -0.2) is 16.2 Å². The second kappa shape index (κ2) is 7.77. The predicted molar refractivity (Wildman–Crippen MR) is 94.7 cm³/mol. The van der Waals surface area contributed by atoms with Crippen molar-refractivity contribution in [3.63, 3.8) is 0 Å². The molecule has 1 unspecified atom stereocenters. The third-order valence-corrected chi connectivity index (χ3v) is 3.96. The van der Waals surface area contributed by atoms with Crippen LogP contribution < -0.4 is 10.6 Å². The van der Waals surface area contributed by atoms with Crippen molar-refractivity contribution in [1.29, 1.82) is 0 Å². The summed E-state index contributed by atoms with van der Waals surface area (Å²) in [6, 6.07) is 12.8. The van der Waals surface area contributed by atoms with Crippen LogP contribution in [0.2, 0.25) is 0 Å². The monoisotopic (exact) mass is 354 g/mol. The number of benzene rings is 2. The minimum absolute atomic E-state index is 0.273. The maximum Gasteiger partial charge on any atom is 0.315 e. The molecular weight excluding hydrogens is 335 g/mol. The van der Waals surface area contributed by atoms with Gasteiger partial charge in [-0.1, -0.05) is 29.4 Å². The molecule has 0 aliphatic carbocycles. The normalized spacial score (nSPS) is 11.8. The van der Waals surface area contributed by atoms with Gasteiger partial charge in [0, 0.05) is 12.1 Å². The van der Waals surface area contributed by atoms with E-state index in [1.165, 1.54) is 12.1 Å². The summed E-state index contributed by atoms with van der Waals surface area (Å²) in [5.74, 6) is 0.280. The molecule has 1 heterocycles. The van der Waals surface area contributed by atoms with Crippen molar-refractivity contribution in [3.8, 4) is 11.4 Å². The summed E-state index contributed by atoms with van der Waals surface area (Å²) >= 11 is 0. The molecular formula is C19H19FN4O2.